The topological polar surface area (TPSA) is 77.8 Å². The number of hydrogen-bond donors (Lipinski definition) is 1. The molecule has 0 saturated carbocycles. The second kappa shape index (κ2) is 4.77. The minimum Gasteiger partial charge on any atom is -0.398 e. The van der Waals surface area contributed by atoms with Crippen LogP contribution in [-0.4, -0.2) is 15.1 Å². The standard InChI is InChI=1S/C15H14N4O/c1-9-7-11(8-10(2)17-9)14-18-15(20-19-14)12-5-3-4-6-13(12)16/h3-8H,16H2,1-2H3. The molecule has 2 N–H and O–H groups in total. The molecule has 3 rings (SSSR count). The van der Waals surface area contributed by atoms with Gasteiger partial charge in [-0.1, -0.05) is 17.3 Å². The summed E-state index contributed by atoms with van der Waals surface area (Å²) in [7, 11) is 0. The Kier molecular flexibility index (Phi) is 2.95. The highest BCUT2D eigenvalue weighted by atomic mass is 16.5. The van der Waals surface area contributed by atoms with E-state index in [4.69, 9.17) is 10.3 Å². The molecule has 0 unspecified atom stereocenters. The smallest absolute Gasteiger partial charge is 0.260 e. The molecule has 0 bridgehead atoms. The van der Waals surface area contributed by atoms with Gasteiger partial charge in [-0.25, -0.2) is 0 Å². The number of nitrogens with two attached hydrogens (primary N) is 1. The fraction of sp³-hybridized carbons (Fsp3) is 0.133. The van der Waals surface area contributed by atoms with Crippen molar-refractivity contribution in [1.82, 2.24) is 15.1 Å². The average molecular weight is 266 g/mol. The molecule has 0 amide bonds. The first-order valence-electron chi connectivity index (χ1n) is 6.28. The molecule has 0 spiro atoms. The van der Waals surface area contributed by atoms with E-state index in [1.165, 1.54) is 0 Å². The third kappa shape index (κ3) is 2.25. The van der Waals surface area contributed by atoms with Crippen LogP contribution < -0.4 is 5.73 Å². The number of anilines is 1. The van der Waals surface area contributed by atoms with Gasteiger partial charge in [0.05, 0.1) is 5.56 Å². The number of nitrogen functional groups attached to an aromatic ring is 1. The van der Waals surface area contributed by atoms with E-state index in [0.29, 0.717) is 17.4 Å². The minimum absolute atomic E-state index is 0.421. The second-order valence-corrected chi connectivity index (χ2v) is 4.65. The van der Waals surface area contributed by atoms with E-state index < -0.39 is 0 Å². The van der Waals surface area contributed by atoms with Gasteiger partial charge in [0.1, 0.15) is 0 Å². The lowest BCUT2D eigenvalue weighted by Crippen LogP contribution is -1.90. The maximum atomic E-state index is 5.91. The fourth-order valence-corrected chi connectivity index (χ4v) is 2.11. The van der Waals surface area contributed by atoms with Crippen LogP contribution in [0.2, 0.25) is 0 Å². The van der Waals surface area contributed by atoms with Gasteiger partial charge in [0.25, 0.3) is 5.89 Å². The van der Waals surface area contributed by atoms with Crippen LogP contribution in [0.15, 0.2) is 40.9 Å². The monoisotopic (exact) mass is 266 g/mol. The van der Waals surface area contributed by atoms with Crippen LogP contribution in [0, 0.1) is 13.8 Å². The van der Waals surface area contributed by atoms with Crippen molar-refractivity contribution in [2.75, 3.05) is 5.73 Å². The first-order valence-corrected chi connectivity index (χ1v) is 6.28. The maximum Gasteiger partial charge on any atom is 0.260 e. The minimum atomic E-state index is 0.421. The largest absolute Gasteiger partial charge is 0.398 e. The Balaban J connectivity index is 2.04. The summed E-state index contributed by atoms with van der Waals surface area (Å²) in [5, 5.41) is 4.02. The lowest BCUT2D eigenvalue weighted by molar-refractivity contribution is 0.432. The van der Waals surface area contributed by atoms with Crippen LogP contribution in [0.4, 0.5) is 5.69 Å². The number of aryl methyl sites for hydroxylation is 2. The van der Waals surface area contributed by atoms with Crippen molar-refractivity contribution >= 4 is 5.69 Å². The molecule has 2 heterocycles. The van der Waals surface area contributed by atoms with Gasteiger partial charge >= 0.3 is 0 Å². The zero-order valence-corrected chi connectivity index (χ0v) is 11.3. The van der Waals surface area contributed by atoms with Crippen molar-refractivity contribution in [2.45, 2.75) is 13.8 Å². The zero-order valence-electron chi connectivity index (χ0n) is 11.3. The molecule has 0 aliphatic carbocycles. The van der Waals surface area contributed by atoms with Crippen LogP contribution in [0.25, 0.3) is 22.8 Å². The van der Waals surface area contributed by atoms with E-state index in [1.807, 2.05) is 44.2 Å². The average Bonchev–Trinajstić information content (AvgIpc) is 2.87. The van der Waals surface area contributed by atoms with Crippen molar-refractivity contribution in [3.8, 4) is 22.8 Å². The van der Waals surface area contributed by atoms with Crippen molar-refractivity contribution in [1.29, 1.82) is 0 Å². The number of aromatic nitrogens is 3. The Morgan fingerprint density at radius 3 is 2.40 bits per heavy atom. The number of pyridine rings is 1. The van der Waals surface area contributed by atoms with Crippen molar-refractivity contribution in [3.63, 3.8) is 0 Å². The third-order valence-electron chi connectivity index (χ3n) is 2.96. The van der Waals surface area contributed by atoms with Gasteiger partial charge in [0, 0.05) is 22.6 Å². The van der Waals surface area contributed by atoms with E-state index >= 15 is 0 Å². The molecular formula is C15H14N4O. The van der Waals surface area contributed by atoms with E-state index in [1.54, 1.807) is 6.07 Å². The number of nitrogens with zero attached hydrogens (tertiary/aromatic N) is 3. The van der Waals surface area contributed by atoms with Crippen LogP contribution in [0.1, 0.15) is 11.4 Å². The second-order valence-electron chi connectivity index (χ2n) is 4.65. The molecule has 5 nitrogen and oxygen atoms in total. The number of para-hydroxylation sites is 1. The summed E-state index contributed by atoms with van der Waals surface area (Å²) in [6.45, 7) is 3.87. The number of hydrogen-bond acceptors (Lipinski definition) is 5. The van der Waals surface area contributed by atoms with Gasteiger partial charge in [0.2, 0.25) is 5.82 Å². The van der Waals surface area contributed by atoms with E-state index in [-0.39, 0.29) is 0 Å². The number of rotatable bonds is 2. The van der Waals surface area contributed by atoms with Gasteiger partial charge < -0.3 is 10.3 Å². The molecule has 0 fully saturated rings. The Morgan fingerprint density at radius 2 is 1.70 bits per heavy atom. The Bertz CT molecular complexity index is 744. The number of benzene rings is 1. The summed E-state index contributed by atoms with van der Waals surface area (Å²) in [4.78, 5) is 8.74. The van der Waals surface area contributed by atoms with Crippen LogP contribution >= 0.6 is 0 Å². The molecule has 100 valence electrons. The van der Waals surface area contributed by atoms with E-state index in [0.717, 1.165) is 22.5 Å². The van der Waals surface area contributed by atoms with Crippen molar-refractivity contribution in [3.05, 3.63) is 47.8 Å². The third-order valence-corrected chi connectivity index (χ3v) is 2.96. The molecule has 5 heteroatoms. The van der Waals surface area contributed by atoms with E-state index in [2.05, 4.69) is 15.1 Å². The Hall–Kier alpha value is -2.69. The molecule has 0 atom stereocenters. The van der Waals surface area contributed by atoms with E-state index in [9.17, 15) is 0 Å². The molecule has 20 heavy (non-hydrogen) atoms. The van der Waals surface area contributed by atoms with Crippen molar-refractivity contribution in [2.24, 2.45) is 0 Å². The van der Waals surface area contributed by atoms with Crippen LogP contribution in [0.3, 0.4) is 0 Å². The summed E-state index contributed by atoms with van der Waals surface area (Å²) in [5.41, 5.74) is 10.0. The highest BCUT2D eigenvalue weighted by Crippen LogP contribution is 2.26. The maximum absolute atomic E-state index is 5.91. The predicted molar refractivity (Wildman–Crippen MR) is 76.9 cm³/mol. The zero-order chi connectivity index (χ0) is 14.1. The molecule has 0 aliphatic heterocycles. The van der Waals surface area contributed by atoms with Crippen LogP contribution in [-0.2, 0) is 0 Å². The SMILES string of the molecule is Cc1cc(-c2noc(-c3ccccc3N)n2)cc(C)n1. The predicted octanol–water partition coefficient (Wildman–Crippen LogP) is 3.00. The van der Waals surface area contributed by atoms with Gasteiger partial charge in [0.15, 0.2) is 0 Å². The summed E-state index contributed by atoms with van der Waals surface area (Å²) in [6, 6.07) is 11.3. The van der Waals surface area contributed by atoms with Crippen LogP contribution in [0.5, 0.6) is 0 Å². The molecule has 0 radical (unpaired) electrons. The lowest BCUT2D eigenvalue weighted by atomic mass is 10.1. The highest BCUT2D eigenvalue weighted by Gasteiger charge is 2.13. The van der Waals surface area contributed by atoms with Gasteiger partial charge in [-0.05, 0) is 38.1 Å². The molecular weight excluding hydrogens is 252 g/mol. The van der Waals surface area contributed by atoms with Gasteiger partial charge in [-0.3, -0.25) is 4.98 Å². The summed E-state index contributed by atoms with van der Waals surface area (Å²) in [6.07, 6.45) is 0. The van der Waals surface area contributed by atoms with Crippen molar-refractivity contribution < 1.29 is 4.52 Å². The molecule has 0 aliphatic rings. The van der Waals surface area contributed by atoms with Gasteiger partial charge in [-0.15, -0.1) is 0 Å². The lowest BCUT2D eigenvalue weighted by Gasteiger charge is -1.99. The first kappa shape index (κ1) is 12.3. The first-order chi connectivity index (χ1) is 9.63. The highest BCUT2D eigenvalue weighted by molar-refractivity contribution is 5.71. The molecule has 0 saturated heterocycles. The summed E-state index contributed by atoms with van der Waals surface area (Å²) >= 11 is 0. The summed E-state index contributed by atoms with van der Waals surface area (Å²) in [5.74, 6) is 0.960. The molecule has 3 aromatic rings. The Labute approximate surface area is 116 Å². The molecule has 1 aromatic carbocycles. The summed E-state index contributed by atoms with van der Waals surface area (Å²) < 4.78 is 5.30. The normalized spacial score (nSPS) is 10.7. The quantitative estimate of drug-likeness (QED) is 0.721. The van der Waals surface area contributed by atoms with Gasteiger partial charge in [-0.2, -0.15) is 4.98 Å². The molecule has 2 aromatic heterocycles. The Morgan fingerprint density at radius 1 is 1.00 bits per heavy atom. The fourth-order valence-electron chi connectivity index (χ4n) is 2.11.